The first kappa shape index (κ1) is 28.7. The van der Waals surface area contributed by atoms with E-state index in [1.807, 2.05) is 36.5 Å². The van der Waals surface area contributed by atoms with Crippen LogP contribution in [-0.2, 0) is 5.41 Å². The van der Waals surface area contributed by atoms with E-state index in [2.05, 4.69) is 152 Å². The lowest BCUT2D eigenvalue weighted by Crippen LogP contribution is -2.29. The minimum Gasteiger partial charge on any atom is -0.260 e. The van der Waals surface area contributed by atoms with E-state index >= 15 is 0 Å². The third kappa shape index (κ3) is 4.87. The monoisotopic (exact) mass is 625 g/mol. The molecule has 3 heteroatoms. The highest BCUT2D eigenvalue weighted by Gasteiger charge is 2.47. The van der Waals surface area contributed by atoms with Crippen molar-refractivity contribution < 1.29 is 0 Å². The lowest BCUT2D eigenvalue weighted by atomic mass is 9.69. The fourth-order valence-electron chi connectivity index (χ4n) is 7.37. The SMILES string of the molecule is c1ccc(-c2ccc(-c3cc(-c4ccc5c(c4)C(c4ccccc4)(c4ccccn4)c4ccccc4-5)nc(-c4ccccc4)n3)cc2)cc1. The van der Waals surface area contributed by atoms with E-state index < -0.39 is 5.41 Å². The summed E-state index contributed by atoms with van der Waals surface area (Å²) in [5.41, 5.74) is 13.6. The maximum atomic E-state index is 5.21. The number of nitrogens with zero attached hydrogens (tertiary/aromatic N) is 3. The van der Waals surface area contributed by atoms with Gasteiger partial charge in [0.2, 0.25) is 0 Å². The molecule has 1 aliphatic carbocycles. The van der Waals surface area contributed by atoms with Crippen molar-refractivity contribution in [2.24, 2.45) is 0 Å². The number of hydrogen-bond donors (Lipinski definition) is 0. The van der Waals surface area contributed by atoms with Crippen LogP contribution in [0.2, 0.25) is 0 Å². The Kier molecular flexibility index (Phi) is 7.02. The Morgan fingerprint density at radius 3 is 1.63 bits per heavy atom. The van der Waals surface area contributed by atoms with Gasteiger partial charge in [-0.25, -0.2) is 9.97 Å². The first-order valence-corrected chi connectivity index (χ1v) is 16.6. The molecule has 0 radical (unpaired) electrons. The van der Waals surface area contributed by atoms with Crippen molar-refractivity contribution in [1.29, 1.82) is 0 Å². The highest BCUT2D eigenvalue weighted by atomic mass is 14.9. The molecule has 0 amide bonds. The average Bonchev–Trinajstić information content (AvgIpc) is 3.49. The molecule has 49 heavy (non-hydrogen) atoms. The van der Waals surface area contributed by atoms with E-state index in [0.717, 1.165) is 33.8 Å². The molecule has 1 atom stereocenters. The van der Waals surface area contributed by atoms with Gasteiger partial charge in [-0.05, 0) is 63.2 Å². The minimum absolute atomic E-state index is 0.587. The van der Waals surface area contributed by atoms with Gasteiger partial charge >= 0.3 is 0 Å². The van der Waals surface area contributed by atoms with Crippen LogP contribution in [0.3, 0.4) is 0 Å². The van der Waals surface area contributed by atoms with E-state index in [0.29, 0.717) is 5.82 Å². The lowest BCUT2D eigenvalue weighted by molar-refractivity contribution is 0.735. The van der Waals surface area contributed by atoms with Crippen molar-refractivity contribution in [3.63, 3.8) is 0 Å². The fraction of sp³-hybridized carbons (Fsp3) is 0.0217. The van der Waals surface area contributed by atoms with E-state index in [4.69, 9.17) is 15.0 Å². The summed E-state index contributed by atoms with van der Waals surface area (Å²) in [6, 6.07) is 64.0. The van der Waals surface area contributed by atoms with Crippen molar-refractivity contribution >= 4 is 0 Å². The molecule has 0 spiro atoms. The summed E-state index contributed by atoms with van der Waals surface area (Å²) in [7, 11) is 0. The summed E-state index contributed by atoms with van der Waals surface area (Å²) in [4.78, 5) is 15.3. The van der Waals surface area contributed by atoms with E-state index in [1.165, 1.54) is 38.9 Å². The molecule has 1 aliphatic rings. The zero-order valence-electron chi connectivity index (χ0n) is 26.7. The Morgan fingerprint density at radius 2 is 0.918 bits per heavy atom. The standard InChI is InChI=1S/C46H31N3/c1-4-14-32(15-5-1)33-23-25-34(26-24-33)42-31-43(49-45(48-42)35-16-6-2-7-17-35)36-27-28-39-38-20-10-11-21-40(38)46(41(39)30-36,37-18-8-3-9-19-37)44-22-12-13-29-47-44/h1-31H. The first-order valence-electron chi connectivity index (χ1n) is 16.6. The number of pyridine rings is 1. The number of hydrogen-bond acceptors (Lipinski definition) is 3. The number of aromatic nitrogens is 3. The molecule has 2 heterocycles. The highest BCUT2D eigenvalue weighted by molar-refractivity contribution is 5.88. The zero-order valence-corrected chi connectivity index (χ0v) is 26.7. The van der Waals surface area contributed by atoms with Crippen molar-refractivity contribution in [2.75, 3.05) is 0 Å². The molecule has 0 saturated heterocycles. The first-order chi connectivity index (χ1) is 24.3. The second kappa shape index (κ2) is 12.0. The van der Waals surface area contributed by atoms with Gasteiger partial charge in [-0.2, -0.15) is 0 Å². The van der Waals surface area contributed by atoms with Crippen LogP contribution in [0.4, 0.5) is 0 Å². The summed E-state index contributed by atoms with van der Waals surface area (Å²) in [5, 5.41) is 0. The van der Waals surface area contributed by atoms with Gasteiger partial charge in [-0.1, -0.05) is 158 Å². The molecule has 230 valence electrons. The quantitative estimate of drug-likeness (QED) is 0.185. The van der Waals surface area contributed by atoms with Gasteiger partial charge in [0.25, 0.3) is 0 Å². The molecule has 3 nitrogen and oxygen atoms in total. The number of rotatable bonds is 6. The Hall–Kier alpha value is -6.45. The molecule has 9 rings (SSSR count). The number of benzene rings is 6. The fourth-order valence-corrected chi connectivity index (χ4v) is 7.37. The molecule has 0 aliphatic heterocycles. The van der Waals surface area contributed by atoms with Crippen LogP contribution in [0.5, 0.6) is 0 Å². The normalized spacial score (nSPS) is 14.6. The molecule has 1 unspecified atom stereocenters. The van der Waals surface area contributed by atoms with Crippen molar-refractivity contribution in [2.45, 2.75) is 5.41 Å². The predicted octanol–water partition coefficient (Wildman–Crippen LogP) is 10.9. The lowest BCUT2D eigenvalue weighted by Gasteiger charge is -2.32. The molecule has 0 saturated carbocycles. The summed E-state index contributed by atoms with van der Waals surface area (Å²) in [6.45, 7) is 0. The summed E-state index contributed by atoms with van der Waals surface area (Å²) in [5.74, 6) is 0.697. The van der Waals surface area contributed by atoms with Crippen LogP contribution < -0.4 is 0 Å². The molecular formula is C46H31N3. The summed E-state index contributed by atoms with van der Waals surface area (Å²) < 4.78 is 0. The van der Waals surface area contributed by atoms with Crippen molar-refractivity contribution in [3.05, 3.63) is 211 Å². The maximum absolute atomic E-state index is 5.21. The third-order valence-corrected chi connectivity index (χ3v) is 9.64. The Balaban J connectivity index is 1.25. The highest BCUT2D eigenvalue weighted by Crippen LogP contribution is 2.56. The molecule has 2 aromatic heterocycles. The van der Waals surface area contributed by atoms with Crippen molar-refractivity contribution in [3.8, 4) is 56.2 Å². The van der Waals surface area contributed by atoms with Crippen LogP contribution in [0.1, 0.15) is 22.4 Å². The maximum Gasteiger partial charge on any atom is 0.160 e. The van der Waals surface area contributed by atoms with Gasteiger partial charge < -0.3 is 0 Å². The predicted molar refractivity (Wildman–Crippen MR) is 199 cm³/mol. The summed E-state index contributed by atoms with van der Waals surface area (Å²) in [6.07, 6.45) is 1.90. The van der Waals surface area contributed by atoms with Gasteiger partial charge in [0.1, 0.15) is 0 Å². The van der Waals surface area contributed by atoms with Gasteiger partial charge in [-0.15, -0.1) is 0 Å². The van der Waals surface area contributed by atoms with E-state index in [9.17, 15) is 0 Å². The molecule has 0 fully saturated rings. The van der Waals surface area contributed by atoms with Gasteiger partial charge in [0, 0.05) is 22.9 Å². The average molecular weight is 626 g/mol. The van der Waals surface area contributed by atoms with Crippen molar-refractivity contribution in [1.82, 2.24) is 15.0 Å². The Labute approximate surface area is 286 Å². The van der Waals surface area contributed by atoms with Crippen LogP contribution in [0.15, 0.2) is 188 Å². The summed E-state index contributed by atoms with van der Waals surface area (Å²) >= 11 is 0. The van der Waals surface area contributed by atoms with Gasteiger partial charge in [-0.3, -0.25) is 4.98 Å². The molecular weight excluding hydrogens is 595 g/mol. The topological polar surface area (TPSA) is 38.7 Å². The zero-order chi connectivity index (χ0) is 32.6. The smallest absolute Gasteiger partial charge is 0.160 e. The second-order valence-electron chi connectivity index (χ2n) is 12.4. The number of fused-ring (bicyclic) bond motifs is 3. The second-order valence-corrected chi connectivity index (χ2v) is 12.4. The molecule has 0 bridgehead atoms. The largest absolute Gasteiger partial charge is 0.260 e. The molecule has 0 N–H and O–H groups in total. The van der Waals surface area contributed by atoms with E-state index in [-0.39, 0.29) is 0 Å². The van der Waals surface area contributed by atoms with E-state index in [1.54, 1.807) is 0 Å². The van der Waals surface area contributed by atoms with Gasteiger partial charge in [0.05, 0.1) is 22.5 Å². The van der Waals surface area contributed by atoms with Gasteiger partial charge in [0.15, 0.2) is 5.82 Å². The Morgan fingerprint density at radius 1 is 0.367 bits per heavy atom. The van der Waals surface area contributed by atoms with Crippen LogP contribution in [-0.4, -0.2) is 15.0 Å². The molecule has 8 aromatic rings. The van der Waals surface area contributed by atoms with Crippen LogP contribution >= 0.6 is 0 Å². The van der Waals surface area contributed by atoms with Crippen LogP contribution in [0, 0.1) is 0 Å². The molecule has 6 aromatic carbocycles. The third-order valence-electron chi connectivity index (χ3n) is 9.64. The Bertz CT molecular complexity index is 2370. The van der Waals surface area contributed by atoms with Crippen LogP contribution in [0.25, 0.3) is 56.2 Å². The minimum atomic E-state index is -0.587.